The van der Waals surface area contributed by atoms with Gasteiger partial charge in [0.25, 0.3) is 0 Å². The van der Waals surface area contributed by atoms with E-state index in [1.54, 1.807) is 0 Å². The van der Waals surface area contributed by atoms with E-state index in [1.807, 2.05) is 12.2 Å². The average molecular weight is 853 g/mol. The van der Waals surface area contributed by atoms with Crippen LogP contribution in [0.4, 0.5) is 0 Å². The van der Waals surface area contributed by atoms with E-state index in [4.69, 9.17) is 14.2 Å². The van der Waals surface area contributed by atoms with Gasteiger partial charge in [-0.2, -0.15) is 0 Å². The molecule has 61 heavy (non-hydrogen) atoms. The van der Waals surface area contributed by atoms with Gasteiger partial charge in [-0.15, -0.1) is 0 Å². The van der Waals surface area contributed by atoms with E-state index < -0.39 is 12.1 Å². The van der Waals surface area contributed by atoms with E-state index in [0.29, 0.717) is 19.3 Å². The number of esters is 3. The molecule has 6 nitrogen and oxygen atoms in total. The van der Waals surface area contributed by atoms with Crippen molar-refractivity contribution in [1.82, 2.24) is 0 Å². The van der Waals surface area contributed by atoms with Crippen LogP contribution in [0.5, 0.6) is 0 Å². The molecule has 0 saturated heterocycles. The Bertz CT molecular complexity index is 1120. The molecule has 0 amide bonds. The van der Waals surface area contributed by atoms with Gasteiger partial charge in [0.15, 0.2) is 6.10 Å². The van der Waals surface area contributed by atoms with Gasteiger partial charge in [-0.1, -0.05) is 229 Å². The number of unbranched alkanes of at least 4 members (excludes halogenated alkanes) is 25. The molecule has 0 heterocycles. The minimum atomic E-state index is -0.812. The molecule has 0 aromatic carbocycles. The number of carbonyl (C=O) groups excluding carboxylic acids is 3. The third-order valence-corrected chi connectivity index (χ3v) is 11.0. The van der Waals surface area contributed by atoms with Crippen LogP contribution in [-0.2, 0) is 28.6 Å². The SMILES string of the molecule is CC/C=C\C/C=C\C/C=C\C/C=C\CCC(=O)OC(COC(=O)CCCCCCC/C=C\CCC)COC(=O)CCCCCCCCCCCCCCCCCCCCCC. The molecular weight excluding hydrogens is 757 g/mol. The van der Waals surface area contributed by atoms with Gasteiger partial charge in [-0.25, -0.2) is 0 Å². The van der Waals surface area contributed by atoms with E-state index in [2.05, 4.69) is 69.4 Å². The van der Waals surface area contributed by atoms with Crippen molar-refractivity contribution >= 4 is 17.9 Å². The number of hydrogen-bond acceptors (Lipinski definition) is 6. The van der Waals surface area contributed by atoms with Crippen LogP contribution in [0.3, 0.4) is 0 Å². The van der Waals surface area contributed by atoms with Gasteiger partial charge in [0.1, 0.15) is 13.2 Å². The smallest absolute Gasteiger partial charge is 0.306 e. The lowest BCUT2D eigenvalue weighted by Gasteiger charge is -2.18. The van der Waals surface area contributed by atoms with Gasteiger partial charge in [0.2, 0.25) is 0 Å². The van der Waals surface area contributed by atoms with Crippen molar-refractivity contribution in [3.63, 3.8) is 0 Å². The first kappa shape index (κ1) is 58.1. The highest BCUT2D eigenvalue weighted by atomic mass is 16.6. The fourth-order valence-corrected chi connectivity index (χ4v) is 7.16. The fraction of sp³-hybridized carbons (Fsp3) is 0.764. The van der Waals surface area contributed by atoms with Crippen LogP contribution in [0.25, 0.3) is 0 Å². The van der Waals surface area contributed by atoms with Gasteiger partial charge < -0.3 is 14.2 Å². The van der Waals surface area contributed by atoms with E-state index in [1.165, 1.54) is 122 Å². The van der Waals surface area contributed by atoms with Gasteiger partial charge in [0, 0.05) is 19.3 Å². The van der Waals surface area contributed by atoms with Crippen LogP contribution in [0.1, 0.15) is 252 Å². The molecule has 0 bridgehead atoms. The summed E-state index contributed by atoms with van der Waals surface area (Å²) < 4.78 is 16.7. The highest BCUT2D eigenvalue weighted by Crippen LogP contribution is 2.16. The molecule has 0 aliphatic rings. The van der Waals surface area contributed by atoms with Crippen molar-refractivity contribution in [3.05, 3.63) is 60.8 Å². The topological polar surface area (TPSA) is 78.9 Å². The summed E-state index contributed by atoms with van der Waals surface area (Å²) in [5.41, 5.74) is 0. The van der Waals surface area contributed by atoms with E-state index in [9.17, 15) is 14.4 Å². The molecule has 0 spiro atoms. The standard InChI is InChI=1S/C55H96O6/c1-4-7-10-13-16-19-22-24-25-26-27-28-29-30-32-33-36-39-42-45-48-54(57)60-51-52(50-59-53(56)47-44-41-38-35-21-18-15-12-9-6-3)61-55(58)49-46-43-40-37-34-31-23-20-17-14-11-8-5-2/h8,11-12,15,17,20,31,34,40,43,52H,4-7,9-10,13-14,16,18-19,21-30,32-33,35-39,41-42,44-51H2,1-3H3/b11-8-,15-12-,20-17-,34-31-,43-40-. The Labute approximate surface area is 377 Å². The number of carbonyl (C=O) groups is 3. The lowest BCUT2D eigenvalue weighted by Crippen LogP contribution is -2.30. The second kappa shape index (κ2) is 49.8. The number of allylic oxidation sites excluding steroid dienone is 10. The van der Waals surface area contributed by atoms with Crippen molar-refractivity contribution in [1.29, 1.82) is 0 Å². The average Bonchev–Trinajstić information content (AvgIpc) is 3.26. The van der Waals surface area contributed by atoms with Gasteiger partial charge in [0.05, 0.1) is 0 Å². The molecule has 0 aromatic rings. The molecule has 0 fully saturated rings. The molecule has 0 radical (unpaired) electrons. The predicted octanol–water partition coefficient (Wildman–Crippen LogP) is 16.9. The highest BCUT2D eigenvalue weighted by molar-refractivity contribution is 5.71. The number of ether oxygens (including phenoxy) is 3. The van der Waals surface area contributed by atoms with Crippen molar-refractivity contribution < 1.29 is 28.6 Å². The molecule has 0 aromatic heterocycles. The monoisotopic (exact) mass is 853 g/mol. The maximum Gasteiger partial charge on any atom is 0.306 e. The summed E-state index contributed by atoms with van der Waals surface area (Å²) in [5.74, 6) is -0.993. The molecule has 1 atom stereocenters. The van der Waals surface area contributed by atoms with Crippen LogP contribution in [-0.4, -0.2) is 37.2 Å². The van der Waals surface area contributed by atoms with E-state index in [-0.39, 0.29) is 31.6 Å². The van der Waals surface area contributed by atoms with Gasteiger partial charge >= 0.3 is 17.9 Å². The first-order valence-electron chi connectivity index (χ1n) is 25.8. The lowest BCUT2D eigenvalue weighted by atomic mass is 10.0. The normalized spacial score (nSPS) is 12.5. The van der Waals surface area contributed by atoms with Crippen LogP contribution < -0.4 is 0 Å². The molecule has 1 unspecified atom stereocenters. The first-order valence-corrected chi connectivity index (χ1v) is 25.8. The summed E-state index contributed by atoms with van der Waals surface area (Å²) in [6, 6.07) is 0. The Morgan fingerprint density at radius 3 is 1.13 bits per heavy atom. The Hall–Kier alpha value is -2.89. The molecular formula is C55H96O6. The maximum absolute atomic E-state index is 12.7. The summed E-state index contributed by atoms with van der Waals surface area (Å²) in [5, 5.41) is 0. The van der Waals surface area contributed by atoms with Crippen LogP contribution in [0, 0.1) is 0 Å². The maximum atomic E-state index is 12.7. The highest BCUT2D eigenvalue weighted by Gasteiger charge is 2.19. The van der Waals surface area contributed by atoms with E-state index >= 15 is 0 Å². The molecule has 0 saturated carbocycles. The molecule has 0 aliphatic carbocycles. The van der Waals surface area contributed by atoms with Gasteiger partial charge in [-0.3, -0.25) is 14.4 Å². The number of rotatable bonds is 46. The molecule has 0 rings (SSSR count). The van der Waals surface area contributed by atoms with E-state index in [0.717, 1.165) is 83.5 Å². The predicted molar refractivity (Wildman–Crippen MR) is 261 cm³/mol. The van der Waals surface area contributed by atoms with Crippen molar-refractivity contribution in [2.45, 2.75) is 258 Å². The molecule has 0 aliphatic heterocycles. The van der Waals surface area contributed by atoms with Gasteiger partial charge in [-0.05, 0) is 64.2 Å². The van der Waals surface area contributed by atoms with Crippen molar-refractivity contribution in [2.24, 2.45) is 0 Å². The third kappa shape index (κ3) is 48.0. The van der Waals surface area contributed by atoms with Crippen LogP contribution in [0.2, 0.25) is 0 Å². The zero-order valence-electron chi connectivity index (χ0n) is 40.2. The summed E-state index contributed by atoms with van der Waals surface area (Å²) in [6.45, 7) is 6.40. The first-order chi connectivity index (χ1) is 30.0. The summed E-state index contributed by atoms with van der Waals surface area (Å²) >= 11 is 0. The second-order valence-electron chi connectivity index (χ2n) is 17.1. The minimum Gasteiger partial charge on any atom is -0.462 e. The zero-order valence-corrected chi connectivity index (χ0v) is 40.2. The lowest BCUT2D eigenvalue weighted by molar-refractivity contribution is -0.166. The Balaban J connectivity index is 4.33. The largest absolute Gasteiger partial charge is 0.462 e. The van der Waals surface area contributed by atoms with Crippen molar-refractivity contribution in [2.75, 3.05) is 13.2 Å². The van der Waals surface area contributed by atoms with Crippen LogP contribution >= 0.6 is 0 Å². The minimum absolute atomic E-state index is 0.103. The fourth-order valence-electron chi connectivity index (χ4n) is 7.16. The van der Waals surface area contributed by atoms with Crippen LogP contribution in [0.15, 0.2) is 60.8 Å². The molecule has 6 heteroatoms. The summed E-state index contributed by atoms with van der Waals surface area (Å²) in [4.78, 5) is 37.8. The second-order valence-corrected chi connectivity index (χ2v) is 17.1. The third-order valence-electron chi connectivity index (χ3n) is 11.0. The zero-order chi connectivity index (χ0) is 44.4. The molecule has 352 valence electrons. The Morgan fingerprint density at radius 2 is 0.705 bits per heavy atom. The summed E-state index contributed by atoms with van der Waals surface area (Å²) in [7, 11) is 0. The number of hydrogen-bond donors (Lipinski definition) is 0. The Morgan fingerprint density at radius 1 is 0.344 bits per heavy atom. The summed E-state index contributed by atoms with van der Waals surface area (Å²) in [6.07, 6.45) is 60.9. The van der Waals surface area contributed by atoms with Crippen molar-refractivity contribution in [3.8, 4) is 0 Å². The Kier molecular flexibility index (Phi) is 47.4. The quantitative estimate of drug-likeness (QED) is 0.0263. The molecule has 0 N–H and O–H groups in total.